The van der Waals surface area contributed by atoms with Gasteiger partial charge in [-0.3, -0.25) is 10.2 Å². The zero-order valence-corrected chi connectivity index (χ0v) is 11.0. The molecule has 17 heavy (non-hydrogen) atoms. The van der Waals surface area contributed by atoms with Gasteiger partial charge in [-0.05, 0) is 31.0 Å². The van der Waals surface area contributed by atoms with E-state index in [9.17, 15) is 4.79 Å². The van der Waals surface area contributed by atoms with E-state index >= 15 is 0 Å². The summed E-state index contributed by atoms with van der Waals surface area (Å²) in [4.78, 5) is 12.5. The van der Waals surface area contributed by atoms with Crippen LogP contribution in [0.5, 0.6) is 0 Å². The molecule has 1 amide bonds. The molecule has 0 saturated heterocycles. The third kappa shape index (κ3) is 3.94. The Labute approximate surface area is 106 Å². The smallest absolute Gasteiger partial charge is 0.247 e. The molecule has 1 aromatic rings. The lowest BCUT2D eigenvalue weighted by Crippen LogP contribution is -2.37. The number of anilines is 1. The highest BCUT2D eigenvalue weighted by Crippen LogP contribution is 2.31. The number of nitrogen functional groups attached to an aromatic ring is 1. The average Bonchev–Trinajstić information content (AvgIpc) is 2.32. The predicted molar refractivity (Wildman–Crippen MR) is 72.5 cm³/mol. The molecule has 1 aromatic carbocycles. The molecular weight excluding hydrogens is 234 g/mol. The summed E-state index contributed by atoms with van der Waals surface area (Å²) in [5.74, 6) is 5.03. The molecule has 0 saturated carbocycles. The predicted octanol–water partition coefficient (Wildman–Crippen LogP) is 1.83. The molecule has 5 N–H and O–H groups in total. The Morgan fingerprint density at radius 1 is 1.53 bits per heavy atom. The summed E-state index contributed by atoms with van der Waals surface area (Å²) in [5.41, 5.74) is 9.93. The fraction of sp³-hybridized carbons (Fsp3) is 0.417. The highest BCUT2D eigenvalue weighted by Gasteiger charge is 2.19. The molecule has 0 aliphatic carbocycles. The van der Waals surface area contributed by atoms with Crippen LogP contribution in [0.25, 0.3) is 0 Å². The normalized spacial score (nSPS) is 12.2. The minimum atomic E-state index is -0.186. The summed E-state index contributed by atoms with van der Waals surface area (Å²) < 4.78 is 0. The number of carbonyl (C=O) groups is 1. The Balaban J connectivity index is 2.85. The van der Waals surface area contributed by atoms with Gasteiger partial charge in [0.25, 0.3) is 0 Å². The molecule has 1 rings (SSSR count). The van der Waals surface area contributed by atoms with Crippen molar-refractivity contribution in [2.24, 2.45) is 5.84 Å². The van der Waals surface area contributed by atoms with Crippen LogP contribution in [0.4, 0.5) is 5.69 Å². The van der Waals surface area contributed by atoms with Crippen LogP contribution >= 0.6 is 11.8 Å². The third-order valence-corrected chi connectivity index (χ3v) is 3.77. The number of aryl methyl sites for hydroxylation is 1. The van der Waals surface area contributed by atoms with Crippen LogP contribution in [0, 0.1) is 6.92 Å². The van der Waals surface area contributed by atoms with Crippen molar-refractivity contribution in [3.8, 4) is 0 Å². The molecule has 5 heteroatoms. The standard InChI is InChI=1S/C12H19N3OS/c1-3-4-10(12(16)15-14)17-11-7-8(2)5-6-9(11)13/h5-7,10H,3-4,13-14H2,1-2H3,(H,15,16). The van der Waals surface area contributed by atoms with Crippen LogP contribution in [0.2, 0.25) is 0 Å². The first-order chi connectivity index (χ1) is 8.08. The number of rotatable bonds is 5. The molecule has 0 radical (unpaired) electrons. The van der Waals surface area contributed by atoms with Crippen molar-refractivity contribution >= 4 is 23.4 Å². The third-order valence-electron chi connectivity index (χ3n) is 2.42. The Kier molecular flexibility index (Phi) is 5.31. The van der Waals surface area contributed by atoms with Gasteiger partial charge in [0.2, 0.25) is 5.91 Å². The first kappa shape index (κ1) is 13.9. The minimum Gasteiger partial charge on any atom is -0.398 e. The van der Waals surface area contributed by atoms with Gasteiger partial charge in [0.05, 0.1) is 5.25 Å². The lowest BCUT2D eigenvalue weighted by molar-refractivity contribution is -0.120. The fourth-order valence-electron chi connectivity index (χ4n) is 1.50. The van der Waals surface area contributed by atoms with Crippen LogP contribution in [-0.2, 0) is 4.79 Å². The summed E-state index contributed by atoms with van der Waals surface area (Å²) >= 11 is 1.47. The minimum absolute atomic E-state index is 0.155. The van der Waals surface area contributed by atoms with Crippen molar-refractivity contribution < 1.29 is 4.79 Å². The van der Waals surface area contributed by atoms with Crippen LogP contribution in [0.1, 0.15) is 25.3 Å². The van der Waals surface area contributed by atoms with Gasteiger partial charge in [-0.2, -0.15) is 0 Å². The Hall–Kier alpha value is -1.20. The summed E-state index contributed by atoms with van der Waals surface area (Å²) in [6.45, 7) is 4.04. The number of nitrogens with one attached hydrogen (secondary N) is 1. The largest absolute Gasteiger partial charge is 0.398 e. The van der Waals surface area contributed by atoms with Crippen LogP contribution in [0.15, 0.2) is 23.1 Å². The lowest BCUT2D eigenvalue weighted by atomic mass is 10.2. The van der Waals surface area contributed by atoms with Gasteiger partial charge in [0.1, 0.15) is 0 Å². The topological polar surface area (TPSA) is 81.1 Å². The molecule has 0 aliphatic heterocycles. The van der Waals surface area contributed by atoms with Crippen LogP contribution in [-0.4, -0.2) is 11.2 Å². The maximum Gasteiger partial charge on any atom is 0.247 e. The number of nitrogens with two attached hydrogens (primary N) is 2. The van der Waals surface area contributed by atoms with Crippen LogP contribution < -0.4 is 17.0 Å². The zero-order valence-electron chi connectivity index (χ0n) is 10.2. The monoisotopic (exact) mass is 253 g/mol. The SMILES string of the molecule is CCCC(Sc1cc(C)ccc1N)C(=O)NN. The van der Waals surface area contributed by atoms with Crippen LogP contribution in [0.3, 0.4) is 0 Å². The first-order valence-electron chi connectivity index (χ1n) is 5.61. The van der Waals surface area contributed by atoms with Crippen molar-refractivity contribution in [1.82, 2.24) is 5.43 Å². The first-order valence-corrected chi connectivity index (χ1v) is 6.49. The Bertz CT molecular complexity index is 395. The molecule has 0 bridgehead atoms. The molecule has 0 aliphatic rings. The second-order valence-corrected chi connectivity index (χ2v) is 5.19. The number of hydrazine groups is 1. The van der Waals surface area contributed by atoms with Gasteiger partial charge >= 0.3 is 0 Å². The molecule has 1 unspecified atom stereocenters. The van der Waals surface area contributed by atoms with Gasteiger partial charge in [0, 0.05) is 10.6 Å². The number of carbonyl (C=O) groups excluding carboxylic acids is 1. The molecule has 0 aromatic heterocycles. The zero-order chi connectivity index (χ0) is 12.8. The Morgan fingerprint density at radius 3 is 2.82 bits per heavy atom. The molecule has 94 valence electrons. The average molecular weight is 253 g/mol. The van der Waals surface area contributed by atoms with Crippen molar-refractivity contribution in [2.45, 2.75) is 36.8 Å². The number of thioether (sulfide) groups is 1. The summed E-state index contributed by atoms with van der Waals surface area (Å²) in [7, 11) is 0. The van der Waals surface area contributed by atoms with E-state index in [1.54, 1.807) is 0 Å². The molecule has 0 heterocycles. The second-order valence-electron chi connectivity index (χ2n) is 3.95. The fourth-order valence-corrected chi connectivity index (χ4v) is 2.79. The summed E-state index contributed by atoms with van der Waals surface area (Å²) in [5, 5.41) is -0.186. The van der Waals surface area contributed by atoms with Crippen molar-refractivity contribution in [2.75, 3.05) is 5.73 Å². The molecular formula is C12H19N3OS. The van der Waals surface area contributed by atoms with Crippen molar-refractivity contribution in [1.29, 1.82) is 0 Å². The number of hydrogen-bond acceptors (Lipinski definition) is 4. The van der Waals surface area contributed by atoms with E-state index in [1.165, 1.54) is 11.8 Å². The van der Waals surface area contributed by atoms with Gasteiger partial charge in [-0.15, -0.1) is 11.8 Å². The number of hydrogen-bond donors (Lipinski definition) is 3. The molecule has 0 spiro atoms. The van der Waals surface area contributed by atoms with Crippen molar-refractivity contribution in [3.05, 3.63) is 23.8 Å². The summed E-state index contributed by atoms with van der Waals surface area (Å²) in [6, 6.07) is 5.81. The van der Waals surface area contributed by atoms with Gasteiger partial charge in [-0.1, -0.05) is 19.4 Å². The van der Waals surface area contributed by atoms with E-state index in [2.05, 4.69) is 5.43 Å². The molecule has 0 fully saturated rings. The van der Waals surface area contributed by atoms with Crippen molar-refractivity contribution in [3.63, 3.8) is 0 Å². The van der Waals surface area contributed by atoms with E-state index in [1.807, 2.05) is 32.0 Å². The highest BCUT2D eigenvalue weighted by atomic mass is 32.2. The van der Waals surface area contributed by atoms with E-state index in [-0.39, 0.29) is 11.2 Å². The van der Waals surface area contributed by atoms with Gasteiger partial charge in [-0.25, -0.2) is 5.84 Å². The number of benzene rings is 1. The maximum absolute atomic E-state index is 11.6. The quantitative estimate of drug-likeness (QED) is 0.246. The van der Waals surface area contributed by atoms with E-state index in [0.29, 0.717) is 5.69 Å². The second kappa shape index (κ2) is 6.51. The van der Waals surface area contributed by atoms with E-state index in [0.717, 1.165) is 23.3 Å². The molecule has 1 atom stereocenters. The molecule has 4 nitrogen and oxygen atoms in total. The van der Waals surface area contributed by atoms with Gasteiger partial charge < -0.3 is 5.73 Å². The number of amides is 1. The Morgan fingerprint density at radius 2 is 2.24 bits per heavy atom. The van der Waals surface area contributed by atoms with E-state index < -0.39 is 0 Å². The van der Waals surface area contributed by atoms with Gasteiger partial charge in [0.15, 0.2) is 0 Å². The van der Waals surface area contributed by atoms with E-state index in [4.69, 9.17) is 11.6 Å². The maximum atomic E-state index is 11.6. The lowest BCUT2D eigenvalue weighted by Gasteiger charge is -2.15. The highest BCUT2D eigenvalue weighted by molar-refractivity contribution is 8.00. The summed E-state index contributed by atoms with van der Waals surface area (Å²) in [6.07, 6.45) is 1.71.